The zero-order valence-corrected chi connectivity index (χ0v) is 12.8. The van der Waals surface area contributed by atoms with Crippen molar-refractivity contribution in [1.82, 2.24) is 10.1 Å². The highest BCUT2D eigenvalue weighted by Crippen LogP contribution is 2.36. The van der Waals surface area contributed by atoms with Gasteiger partial charge in [0.2, 0.25) is 12.6 Å². The highest BCUT2D eigenvalue weighted by atomic mass is 35.5. The third-order valence-corrected chi connectivity index (χ3v) is 3.68. The van der Waals surface area contributed by atoms with E-state index in [1.807, 2.05) is 12.1 Å². The Kier molecular flexibility index (Phi) is 3.31. The number of aromatic nitrogens is 2. The SMILES string of the molecule is COc1ccc(Cl)cc1-c1noc(-c2ccc3c(c2)OCO3)n1. The minimum Gasteiger partial charge on any atom is -0.496 e. The van der Waals surface area contributed by atoms with Gasteiger partial charge >= 0.3 is 0 Å². The van der Waals surface area contributed by atoms with Gasteiger partial charge in [-0.25, -0.2) is 0 Å². The molecule has 0 atom stereocenters. The zero-order valence-electron chi connectivity index (χ0n) is 12.1. The predicted molar refractivity (Wildman–Crippen MR) is 82.9 cm³/mol. The molecule has 0 bridgehead atoms. The molecule has 0 spiro atoms. The van der Waals surface area contributed by atoms with E-state index in [4.69, 9.17) is 30.3 Å². The fourth-order valence-electron chi connectivity index (χ4n) is 2.33. The van der Waals surface area contributed by atoms with Gasteiger partial charge in [0.25, 0.3) is 5.89 Å². The number of rotatable bonds is 3. The summed E-state index contributed by atoms with van der Waals surface area (Å²) in [5.41, 5.74) is 1.41. The fourth-order valence-corrected chi connectivity index (χ4v) is 2.51. The normalized spacial score (nSPS) is 12.4. The lowest BCUT2D eigenvalue weighted by atomic mass is 10.2. The van der Waals surface area contributed by atoms with E-state index in [1.54, 1.807) is 31.4 Å². The van der Waals surface area contributed by atoms with Crippen molar-refractivity contribution in [3.8, 4) is 40.1 Å². The molecule has 0 aliphatic carbocycles. The summed E-state index contributed by atoms with van der Waals surface area (Å²) in [6.45, 7) is 0.216. The Bertz CT molecular complexity index is 878. The van der Waals surface area contributed by atoms with Crippen molar-refractivity contribution in [2.24, 2.45) is 0 Å². The maximum Gasteiger partial charge on any atom is 0.258 e. The van der Waals surface area contributed by atoms with E-state index in [-0.39, 0.29) is 6.79 Å². The van der Waals surface area contributed by atoms with Crippen LogP contribution >= 0.6 is 11.6 Å². The zero-order chi connectivity index (χ0) is 15.8. The molecule has 0 amide bonds. The van der Waals surface area contributed by atoms with Crippen LogP contribution in [0.3, 0.4) is 0 Å². The molecule has 23 heavy (non-hydrogen) atoms. The summed E-state index contributed by atoms with van der Waals surface area (Å²) in [5.74, 6) is 2.75. The molecular formula is C16H11ClN2O4. The van der Waals surface area contributed by atoms with Gasteiger partial charge in [0.15, 0.2) is 11.5 Å². The number of ether oxygens (including phenoxy) is 3. The second kappa shape index (κ2) is 5.48. The number of nitrogens with zero attached hydrogens (tertiary/aromatic N) is 2. The average molecular weight is 331 g/mol. The second-order valence-electron chi connectivity index (χ2n) is 4.84. The van der Waals surface area contributed by atoms with Gasteiger partial charge in [0, 0.05) is 10.6 Å². The van der Waals surface area contributed by atoms with Gasteiger partial charge in [-0.1, -0.05) is 16.8 Å². The number of halogens is 1. The fraction of sp³-hybridized carbons (Fsp3) is 0.125. The van der Waals surface area contributed by atoms with Crippen LogP contribution in [0.5, 0.6) is 17.2 Å². The molecular weight excluding hydrogens is 320 g/mol. The third kappa shape index (κ3) is 2.47. The maximum atomic E-state index is 6.04. The number of hydrogen-bond acceptors (Lipinski definition) is 6. The van der Waals surface area contributed by atoms with E-state index in [9.17, 15) is 0 Å². The van der Waals surface area contributed by atoms with Crippen molar-refractivity contribution < 1.29 is 18.7 Å². The van der Waals surface area contributed by atoms with Crippen molar-refractivity contribution in [3.63, 3.8) is 0 Å². The summed E-state index contributed by atoms with van der Waals surface area (Å²) in [6, 6.07) is 10.7. The molecule has 0 saturated carbocycles. The van der Waals surface area contributed by atoms with E-state index >= 15 is 0 Å². The first-order chi connectivity index (χ1) is 11.2. The Morgan fingerprint density at radius 1 is 1.09 bits per heavy atom. The number of benzene rings is 2. The summed E-state index contributed by atoms with van der Waals surface area (Å²) in [7, 11) is 1.57. The van der Waals surface area contributed by atoms with Crippen molar-refractivity contribution in [1.29, 1.82) is 0 Å². The van der Waals surface area contributed by atoms with E-state index in [0.29, 0.717) is 39.5 Å². The van der Waals surface area contributed by atoms with Gasteiger partial charge in [-0.05, 0) is 36.4 Å². The molecule has 0 N–H and O–H groups in total. The van der Waals surface area contributed by atoms with Gasteiger partial charge < -0.3 is 18.7 Å². The van der Waals surface area contributed by atoms with Crippen LogP contribution in [0.15, 0.2) is 40.9 Å². The smallest absolute Gasteiger partial charge is 0.258 e. The molecule has 0 fully saturated rings. The van der Waals surface area contributed by atoms with Crippen LogP contribution in [0.1, 0.15) is 0 Å². The Balaban J connectivity index is 1.74. The lowest BCUT2D eigenvalue weighted by Gasteiger charge is -2.04. The minimum absolute atomic E-state index is 0.216. The first kappa shape index (κ1) is 13.9. The highest BCUT2D eigenvalue weighted by Gasteiger charge is 2.18. The van der Waals surface area contributed by atoms with E-state index in [1.165, 1.54) is 0 Å². The van der Waals surface area contributed by atoms with Gasteiger partial charge in [-0.3, -0.25) is 0 Å². The lowest BCUT2D eigenvalue weighted by Crippen LogP contribution is -1.92. The molecule has 0 radical (unpaired) electrons. The number of fused-ring (bicyclic) bond motifs is 1. The maximum absolute atomic E-state index is 6.04. The second-order valence-corrected chi connectivity index (χ2v) is 5.27. The van der Waals surface area contributed by atoms with Crippen molar-refractivity contribution >= 4 is 11.6 Å². The van der Waals surface area contributed by atoms with Crippen molar-refractivity contribution in [2.45, 2.75) is 0 Å². The molecule has 0 unspecified atom stereocenters. The van der Waals surface area contributed by atoms with Crippen LogP contribution in [0.25, 0.3) is 22.8 Å². The molecule has 4 rings (SSSR count). The standard InChI is InChI=1S/C16H11ClN2O4/c1-20-12-5-3-10(17)7-11(12)15-18-16(23-19-15)9-2-4-13-14(6-9)22-8-21-13/h2-7H,8H2,1H3. The Morgan fingerprint density at radius 3 is 2.83 bits per heavy atom. The van der Waals surface area contributed by atoms with Crippen LogP contribution in [-0.2, 0) is 0 Å². The Morgan fingerprint density at radius 2 is 1.96 bits per heavy atom. The molecule has 1 aliphatic rings. The average Bonchev–Trinajstić information content (AvgIpc) is 3.23. The summed E-state index contributed by atoms with van der Waals surface area (Å²) in [6.07, 6.45) is 0. The largest absolute Gasteiger partial charge is 0.496 e. The Hall–Kier alpha value is -2.73. The Labute approximate surface area is 136 Å². The highest BCUT2D eigenvalue weighted by molar-refractivity contribution is 6.30. The third-order valence-electron chi connectivity index (χ3n) is 3.45. The summed E-state index contributed by atoms with van der Waals surface area (Å²) in [4.78, 5) is 4.41. The van der Waals surface area contributed by atoms with Gasteiger partial charge in [-0.15, -0.1) is 0 Å². The number of methoxy groups -OCH3 is 1. The molecule has 7 heteroatoms. The molecule has 2 aromatic carbocycles. The number of hydrogen-bond donors (Lipinski definition) is 0. The molecule has 6 nitrogen and oxygen atoms in total. The first-order valence-electron chi connectivity index (χ1n) is 6.82. The molecule has 1 aromatic heterocycles. The van der Waals surface area contributed by atoms with E-state index in [0.717, 1.165) is 5.56 Å². The molecule has 116 valence electrons. The van der Waals surface area contributed by atoms with Crippen LogP contribution < -0.4 is 14.2 Å². The lowest BCUT2D eigenvalue weighted by molar-refractivity contribution is 0.174. The topological polar surface area (TPSA) is 66.6 Å². The van der Waals surface area contributed by atoms with Crippen LogP contribution in [0, 0.1) is 0 Å². The monoisotopic (exact) mass is 330 g/mol. The predicted octanol–water partition coefficient (Wildman–Crippen LogP) is 3.79. The van der Waals surface area contributed by atoms with E-state index < -0.39 is 0 Å². The van der Waals surface area contributed by atoms with Crippen molar-refractivity contribution in [2.75, 3.05) is 13.9 Å². The quantitative estimate of drug-likeness (QED) is 0.727. The summed E-state index contributed by atoms with van der Waals surface area (Å²) < 4.78 is 21.3. The van der Waals surface area contributed by atoms with Crippen molar-refractivity contribution in [3.05, 3.63) is 41.4 Å². The molecule has 1 aliphatic heterocycles. The summed E-state index contributed by atoms with van der Waals surface area (Å²) in [5, 5.41) is 4.57. The first-order valence-corrected chi connectivity index (χ1v) is 7.20. The van der Waals surface area contributed by atoms with Gasteiger partial charge in [0.05, 0.1) is 12.7 Å². The molecule has 0 saturated heterocycles. The molecule has 3 aromatic rings. The van der Waals surface area contributed by atoms with Crippen LogP contribution in [0.4, 0.5) is 0 Å². The van der Waals surface area contributed by atoms with E-state index in [2.05, 4.69) is 10.1 Å². The van der Waals surface area contributed by atoms with Gasteiger partial charge in [0.1, 0.15) is 5.75 Å². The summed E-state index contributed by atoms with van der Waals surface area (Å²) >= 11 is 6.04. The molecule has 2 heterocycles. The van der Waals surface area contributed by atoms with Crippen LogP contribution in [0.2, 0.25) is 5.02 Å². The van der Waals surface area contributed by atoms with Gasteiger partial charge in [-0.2, -0.15) is 4.98 Å². The van der Waals surface area contributed by atoms with Crippen LogP contribution in [-0.4, -0.2) is 24.0 Å². The minimum atomic E-state index is 0.216.